The molecule has 1 saturated heterocycles. The Morgan fingerprint density at radius 1 is 1.02 bits per heavy atom. The van der Waals surface area contributed by atoms with E-state index in [9.17, 15) is 29.4 Å². The van der Waals surface area contributed by atoms with Gasteiger partial charge < -0.3 is 49.6 Å². The maximum Gasteiger partial charge on any atom is 0.338 e. The molecular formula is C40H50N2O12. The van der Waals surface area contributed by atoms with E-state index >= 15 is 0 Å². The molecule has 1 fully saturated rings. The van der Waals surface area contributed by atoms with Crippen molar-refractivity contribution in [2.45, 2.75) is 108 Å². The van der Waals surface area contributed by atoms with Crippen molar-refractivity contribution in [3.8, 4) is 0 Å². The number of aliphatic hydroxyl groups is 3. The zero-order chi connectivity index (χ0) is 39.0. The molecule has 2 aromatic rings. The first-order chi connectivity index (χ1) is 25.7. The van der Waals surface area contributed by atoms with Crippen LogP contribution in [0.2, 0.25) is 0 Å². The van der Waals surface area contributed by atoms with Crippen molar-refractivity contribution < 1.29 is 58.2 Å². The van der Waals surface area contributed by atoms with Gasteiger partial charge in [-0.3, -0.25) is 14.4 Å². The molecule has 0 radical (unpaired) electrons. The molecular weight excluding hydrogens is 700 g/mol. The minimum absolute atomic E-state index is 0.0680. The number of benzene rings is 2. The van der Waals surface area contributed by atoms with Gasteiger partial charge in [-0.15, -0.1) is 0 Å². The molecule has 6 atom stereocenters. The van der Waals surface area contributed by atoms with E-state index in [-0.39, 0.29) is 43.6 Å². The lowest BCUT2D eigenvalue weighted by atomic mass is 9.91. The molecule has 1 aliphatic heterocycles. The van der Waals surface area contributed by atoms with Crippen molar-refractivity contribution in [2.75, 3.05) is 19.8 Å². The molecule has 0 bridgehead atoms. The molecule has 2 aromatic carbocycles. The smallest absolute Gasteiger partial charge is 0.338 e. The molecule has 0 aromatic heterocycles. The summed E-state index contributed by atoms with van der Waals surface area (Å²) in [7, 11) is 0. The van der Waals surface area contributed by atoms with Crippen LogP contribution in [-0.4, -0.2) is 107 Å². The maximum absolute atomic E-state index is 13.8. The summed E-state index contributed by atoms with van der Waals surface area (Å²) >= 11 is 0. The second-order valence-corrected chi connectivity index (χ2v) is 14.8. The van der Waals surface area contributed by atoms with Crippen LogP contribution in [0.25, 0.3) is 6.08 Å². The van der Waals surface area contributed by atoms with Crippen molar-refractivity contribution in [1.29, 1.82) is 0 Å². The van der Waals surface area contributed by atoms with Crippen molar-refractivity contribution >= 4 is 29.8 Å². The third-order valence-corrected chi connectivity index (χ3v) is 9.19. The van der Waals surface area contributed by atoms with Gasteiger partial charge in [0, 0.05) is 31.3 Å². The van der Waals surface area contributed by atoms with Crippen LogP contribution >= 0.6 is 0 Å². The van der Waals surface area contributed by atoms with Gasteiger partial charge in [0.25, 0.3) is 0 Å². The van der Waals surface area contributed by atoms with Gasteiger partial charge in [-0.2, -0.15) is 0 Å². The number of hydrogen-bond donors (Lipinski definition) is 5. The highest BCUT2D eigenvalue weighted by molar-refractivity contribution is 5.98. The summed E-state index contributed by atoms with van der Waals surface area (Å²) in [5.74, 6) is -3.65. The average molecular weight is 751 g/mol. The highest BCUT2D eigenvalue weighted by Crippen LogP contribution is 2.45. The Bertz CT molecular complexity index is 1710. The van der Waals surface area contributed by atoms with Gasteiger partial charge in [0.15, 0.2) is 5.79 Å². The van der Waals surface area contributed by atoms with E-state index in [0.29, 0.717) is 18.4 Å². The summed E-state index contributed by atoms with van der Waals surface area (Å²) in [6, 6.07) is 12.3. The lowest BCUT2D eigenvalue weighted by molar-refractivity contribution is -0.172. The predicted molar refractivity (Wildman–Crippen MR) is 194 cm³/mol. The molecule has 14 nitrogen and oxygen atoms in total. The number of hydrogen-bond acceptors (Lipinski definition) is 12. The second-order valence-electron chi connectivity index (χ2n) is 14.8. The average Bonchev–Trinajstić information content (AvgIpc) is 3.67. The summed E-state index contributed by atoms with van der Waals surface area (Å²) in [4.78, 5) is 53.0. The van der Waals surface area contributed by atoms with Gasteiger partial charge >= 0.3 is 11.9 Å². The predicted octanol–water partition coefficient (Wildman–Crippen LogP) is 2.27. The fourth-order valence-electron chi connectivity index (χ4n) is 6.71. The van der Waals surface area contributed by atoms with E-state index in [1.54, 1.807) is 57.2 Å². The Morgan fingerprint density at radius 3 is 2.39 bits per heavy atom. The second kappa shape index (κ2) is 17.7. The van der Waals surface area contributed by atoms with Gasteiger partial charge in [0.2, 0.25) is 11.8 Å². The van der Waals surface area contributed by atoms with Crippen LogP contribution in [0.1, 0.15) is 74.0 Å². The first-order valence-electron chi connectivity index (χ1n) is 18.1. The Labute approximate surface area is 314 Å². The molecule has 292 valence electrons. The summed E-state index contributed by atoms with van der Waals surface area (Å²) in [5, 5.41) is 34.6. The number of amides is 2. The number of carbonyl (C=O) groups excluding carboxylic acids is 4. The summed E-state index contributed by atoms with van der Waals surface area (Å²) < 4.78 is 29.6. The van der Waals surface area contributed by atoms with E-state index in [1.165, 1.54) is 13.2 Å². The minimum atomic E-state index is -1.43. The number of carbonyl (C=O) groups is 4. The molecule has 14 heteroatoms. The molecule has 54 heavy (non-hydrogen) atoms. The molecule has 1 heterocycles. The van der Waals surface area contributed by atoms with Crippen molar-refractivity contribution in [3.05, 3.63) is 88.7 Å². The number of rotatable bonds is 15. The van der Waals surface area contributed by atoms with Crippen LogP contribution in [0, 0.1) is 0 Å². The Kier molecular flexibility index (Phi) is 13.3. The molecule has 3 aliphatic rings. The molecule has 2 amide bonds. The van der Waals surface area contributed by atoms with Crippen LogP contribution in [0.3, 0.4) is 0 Å². The standard InChI is InChI=1S/C40H50N2O12/c1-24(45)34(37(48)41-30(23-44)12-13-33(46)53-39(2,3)4)42-36(47)29-19-31(51-38(49)26-11-7-8-25(18-26)14-16-50-17-15-43)35-32(20-29)52-40(54-35)21-27-9-5-6-10-28(27)22-40/h5-11,14,16,18,20,24,30-32,34-35,43-45H,12-13,15,17,19,21-23H2,1-4H3,(H,41,48)(H,42,47). The van der Waals surface area contributed by atoms with Crippen LogP contribution < -0.4 is 10.6 Å². The highest BCUT2D eigenvalue weighted by atomic mass is 16.8. The fourth-order valence-corrected chi connectivity index (χ4v) is 6.71. The topological polar surface area (TPSA) is 199 Å². The Morgan fingerprint density at radius 2 is 1.74 bits per heavy atom. The molecule has 1 spiro atoms. The lowest BCUT2D eigenvalue weighted by Crippen LogP contribution is -2.55. The zero-order valence-electron chi connectivity index (χ0n) is 31.0. The van der Waals surface area contributed by atoms with Gasteiger partial charge in [0.05, 0.1) is 37.2 Å². The number of ether oxygens (including phenoxy) is 5. The zero-order valence-corrected chi connectivity index (χ0v) is 31.0. The van der Waals surface area contributed by atoms with Gasteiger partial charge in [-0.25, -0.2) is 4.79 Å². The largest absolute Gasteiger partial charge is 0.499 e. The lowest BCUT2D eigenvalue weighted by Gasteiger charge is -2.31. The minimum Gasteiger partial charge on any atom is -0.499 e. The number of esters is 2. The van der Waals surface area contributed by atoms with Crippen LogP contribution in [0.4, 0.5) is 0 Å². The first-order valence-corrected chi connectivity index (χ1v) is 18.1. The normalized spacial score (nSPS) is 21.7. The molecule has 5 N–H and O–H groups in total. The first kappa shape index (κ1) is 40.6. The van der Waals surface area contributed by atoms with E-state index in [0.717, 1.165) is 11.1 Å². The molecule has 2 aliphatic carbocycles. The molecule has 6 unspecified atom stereocenters. The summed E-state index contributed by atoms with van der Waals surface area (Å²) in [5.41, 5.74) is 2.50. The Balaban J connectivity index is 1.31. The quantitative estimate of drug-likeness (QED) is 0.101. The molecule has 0 saturated carbocycles. The van der Waals surface area contributed by atoms with E-state index in [4.69, 9.17) is 28.8 Å². The van der Waals surface area contributed by atoms with E-state index in [1.807, 2.05) is 24.3 Å². The van der Waals surface area contributed by atoms with Crippen molar-refractivity contribution in [2.24, 2.45) is 0 Å². The van der Waals surface area contributed by atoms with E-state index in [2.05, 4.69) is 10.6 Å². The highest BCUT2D eigenvalue weighted by Gasteiger charge is 2.55. The summed E-state index contributed by atoms with van der Waals surface area (Å²) in [6.07, 6.45) is 1.67. The van der Waals surface area contributed by atoms with Crippen molar-refractivity contribution in [1.82, 2.24) is 10.6 Å². The number of nitrogens with one attached hydrogen (secondary N) is 2. The number of aliphatic hydroxyl groups excluding tert-OH is 3. The van der Waals surface area contributed by atoms with Gasteiger partial charge in [-0.1, -0.05) is 36.4 Å². The monoisotopic (exact) mass is 750 g/mol. The maximum atomic E-state index is 13.8. The number of fused-ring (bicyclic) bond motifs is 2. The third kappa shape index (κ3) is 10.5. The van der Waals surface area contributed by atoms with Crippen LogP contribution in [0.5, 0.6) is 0 Å². The Hall–Kier alpha value is -4.60. The van der Waals surface area contributed by atoms with Crippen LogP contribution in [-0.2, 0) is 50.9 Å². The van der Waals surface area contributed by atoms with Crippen LogP contribution in [0.15, 0.2) is 66.4 Å². The van der Waals surface area contributed by atoms with Gasteiger partial charge in [0.1, 0.15) is 36.6 Å². The van der Waals surface area contributed by atoms with E-state index < -0.39 is 78.2 Å². The molecule has 5 rings (SSSR count). The third-order valence-electron chi connectivity index (χ3n) is 9.19. The summed E-state index contributed by atoms with van der Waals surface area (Å²) in [6.45, 7) is 6.03. The fraction of sp³-hybridized carbons (Fsp3) is 0.500. The SMILES string of the molecule is CC(O)C(NC(=O)C1=CC2OC3(Cc4ccccc4C3)OC2C(OC(=O)c2cccc(C=COCCO)c2)C1)C(=O)NC(CO)CCC(=O)OC(C)(C)C. The van der Waals surface area contributed by atoms with Crippen molar-refractivity contribution in [3.63, 3.8) is 0 Å². The van der Waals surface area contributed by atoms with Gasteiger partial charge in [-0.05, 0) is 75.1 Å².